The van der Waals surface area contributed by atoms with Gasteiger partial charge in [-0.05, 0) is 18.8 Å². The van der Waals surface area contributed by atoms with E-state index in [2.05, 4.69) is 22.9 Å². The molecule has 5 heteroatoms. The number of carbonyl (C=O) groups is 2. The fourth-order valence-corrected chi connectivity index (χ4v) is 2.46. The zero-order valence-corrected chi connectivity index (χ0v) is 11.5. The van der Waals surface area contributed by atoms with Gasteiger partial charge in [-0.2, -0.15) is 0 Å². The smallest absolute Gasteiger partial charge is 0.242 e. The first-order valence-electron chi connectivity index (χ1n) is 5.62. The van der Waals surface area contributed by atoms with Crippen LogP contribution in [0.25, 0.3) is 0 Å². The van der Waals surface area contributed by atoms with Crippen LogP contribution in [0.1, 0.15) is 19.8 Å². The molecule has 4 nitrogen and oxygen atoms in total. The summed E-state index contributed by atoms with van der Waals surface area (Å²) in [4.78, 5) is 26.2. The minimum atomic E-state index is 0.0349. The lowest BCUT2D eigenvalue weighted by atomic mass is 10.0. The Kier molecular flexibility index (Phi) is 5.25. The molecule has 1 atom stereocenters. The summed E-state index contributed by atoms with van der Waals surface area (Å²) in [6, 6.07) is 0. The van der Waals surface area contributed by atoms with Crippen molar-refractivity contribution in [1.82, 2.24) is 9.80 Å². The van der Waals surface area contributed by atoms with Crippen LogP contribution in [0.4, 0.5) is 0 Å². The van der Waals surface area contributed by atoms with Crippen molar-refractivity contribution < 1.29 is 9.59 Å². The van der Waals surface area contributed by atoms with Crippen LogP contribution < -0.4 is 0 Å². The molecule has 0 spiro atoms. The maximum Gasteiger partial charge on any atom is 0.242 e. The van der Waals surface area contributed by atoms with Gasteiger partial charge in [0, 0.05) is 18.9 Å². The van der Waals surface area contributed by atoms with E-state index in [0.29, 0.717) is 12.5 Å². The first-order valence-corrected chi connectivity index (χ1v) is 6.74. The maximum absolute atomic E-state index is 11.6. The minimum absolute atomic E-state index is 0.0349. The highest BCUT2D eigenvalue weighted by Crippen LogP contribution is 2.12. The third kappa shape index (κ3) is 3.77. The molecular formula is C11H19BrN2O2. The van der Waals surface area contributed by atoms with Crippen molar-refractivity contribution >= 4 is 27.7 Å². The summed E-state index contributed by atoms with van der Waals surface area (Å²) in [5.41, 5.74) is 0. The zero-order valence-electron chi connectivity index (χ0n) is 9.91. The number of rotatable bonds is 5. The summed E-state index contributed by atoms with van der Waals surface area (Å²) in [6.45, 7) is 3.35. The SMILES string of the molecule is CC(CCBr)CCN1CC(=O)N(C)CC1=O. The van der Waals surface area contributed by atoms with Crippen molar-refractivity contribution in [2.75, 3.05) is 32.0 Å². The van der Waals surface area contributed by atoms with E-state index in [-0.39, 0.29) is 24.9 Å². The lowest BCUT2D eigenvalue weighted by molar-refractivity contribution is -0.148. The molecule has 0 aliphatic carbocycles. The van der Waals surface area contributed by atoms with Crippen molar-refractivity contribution in [1.29, 1.82) is 0 Å². The number of likely N-dealkylation sites (N-methyl/N-ethyl adjacent to an activating group) is 1. The molecule has 0 saturated carbocycles. The van der Waals surface area contributed by atoms with Crippen molar-refractivity contribution in [3.8, 4) is 0 Å². The molecule has 0 radical (unpaired) electrons. The van der Waals surface area contributed by atoms with Crippen LogP contribution >= 0.6 is 15.9 Å². The molecule has 1 unspecified atom stereocenters. The van der Waals surface area contributed by atoms with Crippen LogP contribution in [0, 0.1) is 5.92 Å². The van der Waals surface area contributed by atoms with Gasteiger partial charge >= 0.3 is 0 Å². The molecule has 0 aromatic rings. The fourth-order valence-electron chi connectivity index (χ4n) is 1.67. The van der Waals surface area contributed by atoms with Crippen LogP contribution in [0.2, 0.25) is 0 Å². The van der Waals surface area contributed by atoms with Crippen molar-refractivity contribution in [3.05, 3.63) is 0 Å². The van der Waals surface area contributed by atoms with E-state index in [9.17, 15) is 9.59 Å². The van der Waals surface area contributed by atoms with Gasteiger partial charge in [-0.1, -0.05) is 22.9 Å². The molecule has 1 heterocycles. The van der Waals surface area contributed by atoms with Gasteiger partial charge in [-0.25, -0.2) is 0 Å². The summed E-state index contributed by atoms with van der Waals surface area (Å²) in [7, 11) is 1.67. The largest absolute Gasteiger partial charge is 0.335 e. The summed E-state index contributed by atoms with van der Waals surface area (Å²) in [5.74, 6) is 0.683. The second kappa shape index (κ2) is 6.23. The van der Waals surface area contributed by atoms with E-state index in [4.69, 9.17) is 0 Å². The van der Waals surface area contributed by atoms with Crippen LogP contribution in [-0.2, 0) is 9.59 Å². The Labute approximate surface area is 105 Å². The summed E-state index contributed by atoms with van der Waals surface area (Å²) in [6.07, 6.45) is 2.07. The second-order valence-electron chi connectivity index (χ2n) is 4.44. The number of hydrogen-bond acceptors (Lipinski definition) is 2. The predicted octanol–water partition coefficient (Wildman–Crippen LogP) is 1.10. The molecule has 0 N–H and O–H groups in total. The molecule has 0 aromatic carbocycles. The van der Waals surface area contributed by atoms with Gasteiger partial charge in [0.05, 0.1) is 13.1 Å². The quantitative estimate of drug-likeness (QED) is 0.712. The number of piperazine rings is 1. The highest BCUT2D eigenvalue weighted by molar-refractivity contribution is 9.09. The lowest BCUT2D eigenvalue weighted by Gasteiger charge is -2.32. The Morgan fingerprint density at radius 3 is 2.56 bits per heavy atom. The first kappa shape index (κ1) is 13.5. The average molecular weight is 291 g/mol. The molecule has 1 aliphatic rings. The van der Waals surface area contributed by atoms with E-state index in [1.165, 1.54) is 4.90 Å². The first-order chi connectivity index (χ1) is 7.54. The molecule has 1 fully saturated rings. The summed E-state index contributed by atoms with van der Waals surface area (Å²) < 4.78 is 0. The van der Waals surface area contributed by atoms with Crippen LogP contribution in [0.15, 0.2) is 0 Å². The van der Waals surface area contributed by atoms with Gasteiger partial charge in [-0.3, -0.25) is 9.59 Å². The monoisotopic (exact) mass is 290 g/mol. The minimum Gasteiger partial charge on any atom is -0.335 e. The topological polar surface area (TPSA) is 40.6 Å². The van der Waals surface area contributed by atoms with E-state index >= 15 is 0 Å². The highest BCUT2D eigenvalue weighted by atomic mass is 79.9. The highest BCUT2D eigenvalue weighted by Gasteiger charge is 2.27. The Hall–Kier alpha value is -0.580. The Bertz CT molecular complexity index is 271. The number of carbonyl (C=O) groups excluding carboxylic acids is 2. The van der Waals surface area contributed by atoms with E-state index < -0.39 is 0 Å². The van der Waals surface area contributed by atoms with Crippen molar-refractivity contribution in [2.45, 2.75) is 19.8 Å². The third-order valence-corrected chi connectivity index (χ3v) is 3.43. The fraction of sp³-hybridized carbons (Fsp3) is 0.818. The molecule has 16 heavy (non-hydrogen) atoms. The average Bonchev–Trinajstić information content (AvgIpc) is 2.22. The van der Waals surface area contributed by atoms with Gasteiger partial charge in [0.1, 0.15) is 0 Å². The Balaban J connectivity index is 2.36. The summed E-state index contributed by atoms with van der Waals surface area (Å²) >= 11 is 3.40. The molecule has 0 aromatic heterocycles. The Morgan fingerprint density at radius 1 is 1.25 bits per heavy atom. The number of alkyl halides is 1. The van der Waals surface area contributed by atoms with E-state index in [1.54, 1.807) is 11.9 Å². The maximum atomic E-state index is 11.6. The van der Waals surface area contributed by atoms with Gasteiger partial charge < -0.3 is 9.80 Å². The van der Waals surface area contributed by atoms with Gasteiger partial charge in [0.15, 0.2) is 0 Å². The summed E-state index contributed by atoms with van der Waals surface area (Å²) in [5, 5.41) is 0.990. The number of hydrogen-bond donors (Lipinski definition) is 0. The zero-order chi connectivity index (χ0) is 12.1. The van der Waals surface area contributed by atoms with E-state index in [0.717, 1.165) is 18.2 Å². The van der Waals surface area contributed by atoms with Crippen molar-refractivity contribution in [2.24, 2.45) is 5.92 Å². The number of nitrogens with zero attached hydrogens (tertiary/aromatic N) is 2. The van der Waals surface area contributed by atoms with E-state index in [1.807, 2.05) is 0 Å². The molecule has 1 saturated heterocycles. The van der Waals surface area contributed by atoms with Gasteiger partial charge in [0.2, 0.25) is 11.8 Å². The van der Waals surface area contributed by atoms with Crippen molar-refractivity contribution in [3.63, 3.8) is 0 Å². The second-order valence-corrected chi connectivity index (χ2v) is 5.23. The van der Waals surface area contributed by atoms with Crippen LogP contribution in [0.5, 0.6) is 0 Å². The van der Waals surface area contributed by atoms with Crippen LogP contribution in [-0.4, -0.2) is 53.6 Å². The number of amides is 2. The lowest BCUT2D eigenvalue weighted by Crippen LogP contribution is -2.52. The molecule has 0 bridgehead atoms. The van der Waals surface area contributed by atoms with Gasteiger partial charge in [-0.15, -0.1) is 0 Å². The predicted molar refractivity (Wildman–Crippen MR) is 66.4 cm³/mol. The Morgan fingerprint density at radius 2 is 1.94 bits per heavy atom. The van der Waals surface area contributed by atoms with Crippen LogP contribution in [0.3, 0.4) is 0 Å². The molecule has 1 aliphatic heterocycles. The number of halogens is 1. The molecular weight excluding hydrogens is 272 g/mol. The standard InChI is InChI=1S/C11H19BrN2O2/c1-9(3-5-12)4-6-14-8-10(15)13(2)7-11(14)16/h9H,3-8H2,1-2H3. The van der Waals surface area contributed by atoms with Gasteiger partial charge in [0.25, 0.3) is 0 Å². The molecule has 92 valence electrons. The normalized spacial score (nSPS) is 19.2. The third-order valence-electron chi connectivity index (χ3n) is 2.97. The molecule has 1 rings (SSSR count). The molecule has 2 amide bonds.